The zero-order valence-corrected chi connectivity index (χ0v) is 17.2. The van der Waals surface area contributed by atoms with E-state index in [9.17, 15) is 9.59 Å². The van der Waals surface area contributed by atoms with Crippen molar-refractivity contribution in [2.24, 2.45) is 5.92 Å². The zero-order valence-electron chi connectivity index (χ0n) is 17.2. The van der Waals surface area contributed by atoms with Gasteiger partial charge in [-0.2, -0.15) is 0 Å². The molecule has 4 N–H and O–H groups in total. The van der Waals surface area contributed by atoms with Gasteiger partial charge in [0.1, 0.15) is 12.4 Å². The molecule has 0 aromatic carbocycles. The first-order chi connectivity index (χ1) is 13.9. The number of nitrogens with two attached hydrogens (primary N) is 1. The Hall–Kier alpha value is -2.90. The molecule has 1 fully saturated rings. The van der Waals surface area contributed by atoms with Crippen LogP contribution < -0.4 is 21.9 Å². The molecule has 156 valence electrons. The van der Waals surface area contributed by atoms with Crippen LogP contribution in [0.4, 0.5) is 11.6 Å². The Morgan fingerprint density at radius 1 is 1.28 bits per heavy atom. The van der Waals surface area contributed by atoms with Crippen LogP contribution in [0.1, 0.15) is 49.1 Å². The van der Waals surface area contributed by atoms with Crippen LogP contribution in [0.25, 0.3) is 0 Å². The highest BCUT2D eigenvalue weighted by Crippen LogP contribution is 2.27. The summed E-state index contributed by atoms with van der Waals surface area (Å²) in [6, 6.07) is 3.55. The number of nitrogens with zero attached hydrogens (tertiary/aromatic N) is 3. The monoisotopic (exact) mass is 398 g/mol. The summed E-state index contributed by atoms with van der Waals surface area (Å²) in [5.74, 6) is 1.26. The van der Waals surface area contributed by atoms with Gasteiger partial charge in [0.25, 0.3) is 5.56 Å². The maximum absolute atomic E-state index is 12.8. The van der Waals surface area contributed by atoms with Gasteiger partial charge >= 0.3 is 0 Å². The average Bonchev–Trinajstić information content (AvgIpc) is 3.20. The van der Waals surface area contributed by atoms with Crippen LogP contribution in [0.3, 0.4) is 0 Å². The number of carbonyl (C=O) groups is 1. The highest BCUT2D eigenvalue weighted by Gasteiger charge is 2.16. The van der Waals surface area contributed by atoms with E-state index in [2.05, 4.69) is 20.6 Å². The smallest absolute Gasteiger partial charge is 0.293 e. The summed E-state index contributed by atoms with van der Waals surface area (Å²) in [6.45, 7) is 4.64. The quantitative estimate of drug-likeness (QED) is 0.628. The van der Waals surface area contributed by atoms with Gasteiger partial charge in [-0.25, -0.2) is 9.97 Å². The van der Waals surface area contributed by atoms with Crippen molar-refractivity contribution in [1.82, 2.24) is 19.9 Å². The number of rotatable bonds is 8. The van der Waals surface area contributed by atoms with Gasteiger partial charge < -0.3 is 16.4 Å². The Morgan fingerprint density at radius 2 is 2.03 bits per heavy atom. The first kappa shape index (κ1) is 20.8. The second-order valence-corrected chi connectivity index (χ2v) is 7.76. The first-order valence-electron chi connectivity index (χ1n) is 10.2. The summed E-state index contributed by atoms with van der Waals surface area (Å²) in [4.78, 5) is 33.6. The van der Waals surface area contributed by atoms with Gasteiger partial charge in [-0.3, -0.25) is 14.2 Å². The minimum Gasteiger partial charge on any atom is -0.384 e. The highest BCUT2D eigenvalue weighted by molar-refractivity contribution is 5.75. The maximum atomic E-state index is 12.8. The second-order valence-electron chi connectivity index (χ2n) is 7.76. The molecule has 0 atom stereocenters. The Labute approximate surface area is 170 Å². The van der Waals surface area contributed by atoms with Crippen molar-refractivity contribution in [3.8, 4) is 0 Å². The number of aromatic nitrogens is 3. The lowest BCUT2D eigenvalue weighted by Gasteiger charge is -2.14. The van der Waals surface area contributed by atoms with Crippen LogP contribution in [0, 0.1) is 19.8 Å². The molecule has 1 aliphatic carbocycles. The zero-order chi connectivity index (χ0) is 20.8. The molecule has 1 aliphatic rings. The molecule has 3 rings (SSSR count). The number of pyridine rings is 1. The van der Waals surface area contributed by atoms with E-state index in [-0.39, 0.29) is 18.0 Å². The molecule has 2 heterocycles. The predicted molar refractivity (Wildman–Crippen MR) is 114 cm³/mol. The molecule has 29 heavy (non-hydrogen) atoms. The fourth-order valence-corrected chi connectivity index (χ4v) is 3.77. The Morgan fingerprint density at radius 3 is 2.76 bits per heavy atom. The molecule has 8 heteroatoms. The number of nitrogens with one attached hydrogen (secondary N) is 2. The van der Waals surface area contributed by atoms with E-state index < -0.39 is 0 Å². The van der Waals surface area contributed by atoms with E-state index in [1.807, 2.05) is 13.0 Å². The summed E-state index contributed by atoms with van der Waals surface area (Å²) >= 11 is 0. The topological polar surface area (TPSA) is 115 Å². The highest BCUT2D eigenvalue weighted by atomic mass is 16.2. The summed E-state index contributed by atoms with van der Waals surface area (Å²) in [5, 5.41) is 6.00. The molecular formula is C21H30N6O2. The fraction of sp³-hybridized carbons (Fsp3) is 0.524. The Balaban J connectivity index is 1.58. The van der Waals surface area contributed by atoms with E-state index in [1.54, 1.807) is 19.2 Å². The fourth-order valence-electron chi connectivity index (χ4n) is 3.77. The number of nitrogen functional groups attached to an aromatic ring is 1. The minimum atomic E-state index is -0.267. The molecule has 0 radical (unpaired) electrons. The van der Waals surface area contributed by atoms with Crippen LogP contribution in [0.5, 0.6) is 0 Å². The number of anilines is 2. The number of hydrogen-bond acceptors (Lipinski definition) is 6. The summed E-state index contributed by atoms with van der Waals surface area (Å²) in [6.07, 6.45) is 7.83. The van der Waals surface area contributed by atoms with Gasteiger partial charge in [-0.1, -0.05) is 31.7 Å². The maximum Gasteiger partial charge on any atom is 0.293 e. The van der Waals surface area contributed by atoms with Crippen molar-refractivity contribution >= 4 is 17.5 Å². The molecule has 0 unspecified atom stereocenters. The van der Waals surface area contributed by atoms with Gasteiger partial charge in [-0.15, -0.1) is 0 Å². The number of amides is 1. The second kappa shape index (κ2) is 9.54. The number of hydrogen-bond donors (Lipinski definition) is 3. The Bertz CT molecular complexity index is 918. The van der Waals surface area contributed by atoms with E-state index in [0.29, 0.717) is 23.9 Å². The molecule has 0 saturated heterocycles. The third-order valence-electron chi connectivity index (χ3n) is 5.57. The summed E-state index contributed by atoms with van der Waals surface area (Å²) < 4.78 is 1.45. The number of aryl methyl sites for hydroxylation is 2. The Kier molecular flexibility index (Phi) is 6.85. The number of carbonyl (C=O) groups excluding carboxylic acids is 1. The van der Waals surface area contributed by atoms with E-state index in [0.717, 1.165) is 30.1 Å². The molecule has 2 aromatic rings. The van der Waals surface area contributed by atoms with Crippen molar-refractivity contribution < 1.29 is 4.79 Å². The standard InChI is InChI=1S/C21H30N6O2/c1-14-11-25-20(23-10-9-16-5-3-4-6-16)21(29)27(14)13-19(28)24-12-17-7-8-18(22)26-15(17)2/h7-8,11,16H,3-6,9-10,12-13H2,1-2H3,(H2,22,26)(H,23,25)(H,24,28). The van der Waals surface area contributed by atoms with Crippen LogP contribution in [0.2, 0.25) is 0 Å². The van der Waals surface area contributed by atoms with E-state index in [1.165, 1.54) is 30.3 Å². The SMILES string of the molecule is Cc1nc(N)ccc1CNC(=O)Cn1c(C)cnc(NCCC2CCCC2)c1=O. The lowest BCUT2D eigenvalue weighted by atomic mass is 10.0. The van der Waals surface area contributed by atoms with Gasteiger partial charge in [0, 0.05) is 30.7 Å². The van der Waals surface area contributed by atoms with E-state index in [4.69, 9.17) is 5.73 Å². The van der Waals surface area contributed by atoms with E-state index >= 15 is 0 Å². The third-order valence-corrected chi connectivity index (χ3v) is 5.57. The largest absolute Gasteiger partial charge is 0.384 e. The summed E-state index contributed by atoms with van der Waals surface area (Å²) in [7, 11) is 0. The van der Waals surface area contributed by atoms with Gasteiger partial charge in [0.05, 0.1) is 0 Å². The third kappa shape index (κ3) is 5.56. The van der Waals surface area contributed by atoms with Crippen LogP contribution in [-0.2, 0) is 17.9 Å². The molecule has 0 spiro atoms. The molecule has 0 aliphatic heterocycles. The predicted octanol–water partition coefficient (Wildman–Crippen LogP) is 2.15. The van der Waals surface area contributed by atoms with Gasteiger partial charge in [-0.05, 0) is 37.8 Å². The normalized spacial score (nSPS) is 14.1. The summed E-state index contributed by atoms with van der Waals surface area (Å²) in [5.41, 5.74) is 7.70. The molecule has 1 amide bonds. The average molecular weight is 399 g/mol. The van der Waals surface area contributed by atoms with Crippen molar-refractivity contribution in [2.45, 2.75) is 59.0 Å². The van der Waals surface area contributed by atoms with Crippen molar-refractivity contribution in [3.63, 3.8) is 0 Å². The van der Waals surface area contributed by atoms with Crippen molar-refractivity contribution in [2.75, 3.05) is 17.6 Å². The lowest BCUT2D eigenvalue weighted by Crippen LogP contribution is -2.34. The molecule has 1 saturated carbocycles. The minimum absolute atomic E-state index is 0.0497. The first-order valence-corrected chi connectivity index (χ1v) is 10.2. The van der Waals surface area contributed by atoms with Crippen molar-refractivity contribution in [1.29, 1.82) is 0 Å². The van der Waals surface area contributed by atoms with Crippen molar-refractivity contribution in [3.05, 3.63) is 45.6 Å². The lowest BCUT2D eigenvalue weighted by molar-refractivity contribution is -0.121. The molecule has 2 aromatic heterocycles. The molecule has 8 nitrogen and oxygen atoms in total. The van der Waals surface area contributed by atoms with Crippen LogP contribution in [0.15, 0.2) is 23.1 Å². The molecule has 0 bridgehead atoms. The molecular weight excluding hydrogens is 368 g/mol. The van der Waals surface area contributed by atoms with Crippen LogP contribution >= 0.6 is 0 Å². The van der Waals surface area contributed by atoms with Gasteiger partial charge in [0.15, 0.2) is 5.82 Å². The van der Waals surface area contributed by atoms with Crippen LogP contribution in [-0.4, -0.2) is 27.0 Å². The van der Waals surface area contributed by atoms with Gasteiger partial charge in [0.2, 0.25) is 5.91 Å².